The van der Waals surface area contributed by atoms with Gasteiger partial charge in [0.25, 0.3) is 5.69 Å². The van der Waals surface area contributed by atoms with E-state index in [0.29, 0.717) is 49.8 Å². The lowest BCUT2D eigenvalue weighted by molar-refractivity contribution is -0.806. The van der Waals surface area contributed by atoms with Crippen LogP contribution in [0.2, 0.25) is 0 Å². The number of allylic oxidation sites excluding steroid dienone is 1. The molecule has 0 bridgehead atoms. The summed E-state index contributed by atoms with van der Waals surface area (Å²) in [4.78, 5) is 17.4. The van der Waals surface area contributed by atoms with Gasteiger partial charge in [0.05, 0.1) is 31.0 Å². The topological polar surface area (TPSA) is 101 Å². The van der Waals surface area contributed by atoms with Crippen LogP contribution < -0.4 is 14.4 Å². The summed E-state index contributed by atoms with van der Waals surface area (Å²) in [5.41, 5.74) is 2.86. The van der Waals surface area contributed by atoms with E-state index in [9.17, 15) is 10.0 Å². The first-order valence-corrected chi connectivity index (χ1v) is 9.43. The average Bonchev–Trinajstić information content (AvgIpc) is 3.14. The van der Waals surface area contributed by atoms with Gasteiger partial charge in [-0.2, -0.15) is 0 Å². The van der Waals surface area contributed by atoms with E-state index in [4.69, 9.17) is 14.1 Å². The summed E-state index contributed by atoms with van der Waals surface area (Å²) >= 11 is 0. The number of ether oxygens (including phenoxy) is 2. The molecule has 0 aliphatic carbocycles. The van der Waals surface area contributed by atoms with Crippen LogP contribution in [0.25, 0.3) is 28.2 Å². The van der Waals surface area contributed by atoms with Gasteiger partial charge in [0.2, 0.25) is 5.69 Å². The molecule has 0 atom stereocenters. The summed E-state index contributed by atoms with van der Waals surface area (Å²) < 4.78 is 15.7. The van der Waals surface area contributed by atoms with E-state index in [1.807, 2.05) is 24.3 Å². The van der Waals surface area contributed by atoms with Gasteiger partial charge in [0.15, 0.2) is 17.3 Å². The van der Waals surface area contributed by atoms with Crippen molar-refractivity contribution < 1.29 is 23.8 Å². The fourth-order valence-corrected chi connectivity index (χ4v) is 3.29. The Balaban J connectivity index is 1.85. The predicted molar refractivity (Wildman–Crippen MR) is 114 cm³/mol. The fraction of sp³-hybridized carbons (Fsp3) is 0.130. The molecular weight excluding hydrogens is 398 g/mol. The molecule has 0 saturated heterocycles. The van der Waals surface area contributed by atoms with Crippen LogP contribution in [0.5, 0.6) is 11.5 Å². The van der Waals surface area contributed by atoms with Crippen LogP contribution in [0.4, 0.5) is 0 Å². The number of methoxy groups -OCH3 is 2. The van der Waals surface area contributed by atoms with Crippen molar-refractivity contribution in [3.63, 3.8) is 0 Å². The summed E-state index contributed by atoms with van der Waals surface area (Å²) in [6.45, 7) is 1.60. The monoisotopic (exact) mass is 417 g/mol. The van der Waals surface area contributed by atoms with Crippen LogP contribution >= 0.6 is 0 Å². The molecule has 0 spiro atoms. The van der Waals surface area contributed by atoms with Crippen molar-refractivity contribution in [3.8, 4) is 22.8 Å². The van der Waals surface area contributed by atoms with E-state index < -0.39 is 0 Å². The normalized spacial score (nSPS) is 11.2. The average molecular weight is 417 g/mol. The maximum atomic E-state index is 12.4. The van der Waals surface area contributed by atoms with Crippen LogP contribution in [0.3, 0.4) is 0 Å². The molecule has 0 amide bonds. The Morgan fingerprint density at radius 3 is 2.55 bits per heavy atom. The van der Waals surface area contributed by atoms with Crippen molar-refractivity contribution in [3.05, 3.63) is 76.8 Å². The summed E-state index contributed by atoms with van der Waals surface area (Å²) in [6.07, 6.45) is 3.11. The van der Waals surface area contributed by atoms with E-state index in [-0.39, 0.29) is 11.5 Å². The number of ketones is 1. The molecule has 2 aromatic heterocycles. The Bertz CT molecular complexity index is 1300. The Hall–Kier alpha value is -4.20. The van der Waals surface area contributed by atoms with E-state index in [1.165, 1.54) is 20.3 Å². The minimum absolute atomic E-state index is 0.130. The molecule has 31 heavy (non-hydrogen) atoms. The number of carbonyl (C=O) groups is 1. The molecule has 156 valence electrons. The van der Waals surface area contributed by atoms with E-state index in [2.05, 4.69) is 10.1 Å². The summed E-state index contributed by atoms with van der Waals surface area (Å²) in [6, 6.07) is 14.3. The van der Waals surface area contributed by atoms with Crippen LogP contribution in [-0.4, -0.2) is 30.1 Å². The molecular formula is C23H19N3O5. The highest BCUT2D eigenvalue weighted by atomic mass is 16.8. The van der Waals surface area contributed by atoms with Crippen molar-refractivity contribution in [2.24, 2.45) is 0 Å². The van der Waals surface area contributed by atoms with Gasteiger partial charge >= 0.3 is 0 Å². The third-order valence-corrected chi connectivity index (χ3v) is 4.88. The zero-order valence-corrected chi connectivity index (χ0v) is 17.2. The molecule has 0 fully saturated rings. The molecule has 0 unspecified atom stereocenters. The number of hydrogen-bond acceptors (Lipinski definition) is 7. The number of hydrogen-bond donors (Lipinski definition) is 0. The largest absolute Gasteiger partial charge is 0.493 e. The third kappa shape index (κ3) is 3.71. The third-order valence-electron chi connectivity index (χ3n) is 4.88. The maximum absolute atomic E-state index is 12.4. The Kier molecular flexibility index (Phi) is 5.36. The summed E-state index contributed by atoms with van der Waals surface area (Å²) in [7, 11) is 3.06. The van der Waals surface area contributed by atoms with Crippen molar-refractivity contribution in [2.75, 3.05) is 14.2 Å². The zero-order valence-electron chi connectivity index (χ0n) is 17.2. The molecule has 0 N–H and O–H groups in total. The minimum atomic E-state index is -0.130. The quantitative estimate of drug-likeness (QED) is 0.267. The standard InChI is InChI=1S/C23H19N3O5/c1-14-21(25-31-26(14)28)18-13-20(29-2)23(30-3)17-11-9-16(24-22(17)18)10-12-19(27)15-7-5-4-6-8-15/h4-13H,1-3H3/b12-10+. The van der Waals surface area contributed by atoms with Gasteiger partial charge in [-0.1, -0.05) is 30.3 Å². The van der Waals surface area contributed by atoms with Crippen LogP contribution in [0.15, 0.2) is 59.2 Å². The molecule has 0 radical (unpaired) electrons. The van der Waals surface area contributed by atoms with Gasteiger partial charge in [-0.25, -0.2) is 4.98 Å². The van der Waals surface area contributed by atoms with Gasteiger partial charge in [-0.3, -0.25) is 9.42 Å². The summed E-state index contributed by atoms with van der Waals surface area (Å²) in [5, 5.41) is 16.3. The first-order valence-electron chi connectivity index (χ1n) is 9.43. The second kappa shape index (κ2) is 8.27. The minimum Gasteiger partial charge on any atom is -0.493 e. The lowest BCUT2D eigenvalue weighted by atomic mass is 10.0. The number of carbonyl (C=O) groups excluding carboxylic acids is 1. The second-order valence-corrected chi connectivity index (χ2v) is 6.72. The Morgan fingerprint density at radius 1 is 1.13 bits per heavy atom. The molecule has 2 aromatic carbocycles. The molecule has 0 saturated carbocycles. The van der Waals surface area contributed by atoms with Gasteiger partial charge in [-0.05, 0) is 35.3 Å². The number of rotatable bonds is 6. The molecule has 8 heteroatoms. The maximum Gasteiger partial charge on any atom is 0.253 e. The highest BCUT2D eigenvalue weighted by Gasteiger charge is 2.24. The number of pyridine rings is 1. The van der Waals surface area contributed by atoms with Crippen molar-refractivity contribution in [1.82, 2.24) is 10.1 Å². The first-order chi connectivity index (χ1) is 15.0. The van der Waals surface area contributed by atoms with Gasteiger partial charge in [-0.15, -0.1) is 0 Å². The second-order valence-electron chi connectivity index (χ2n) is 6.72. The Labute approximate surface area is 177 Å². The first kappa shape index (κ1) is 20.1. The lowest BCUT2D eigenvalue weighted by Gasteiger charge is -2.13. The van der Waals surface area contributed by atoms with Crippen LogP contribution in [-0.2, 0) is 0 Å². The van der Waals surface area contributed by atoms with Crippen molar-refractivity contribution in [2.45, 2.75) is 6.92 Å². The lowest BCUT2D eigenvalue weighted by Crippen LogP contribution is -2.25. The van der Waals surface area contributed by atoms with Crippen LogP contribution in [0, 0.1) is 12.1 Å². The SMILES string of the molecule is COc1cc(-c2no[n+]([O-])c2C)c2nc(/C=C/C(=O)c3ccccc3)ccc2c1OC. The smallest absolute Gasteiger partial charge is 0.253 e. The predicted octanol–water partition coefficient (Wildman–Crippen LogP) is 3.74. The molecule has 8 nitrogen and oxygen atoms in total. The van der Waals surface area contributed by atoms with Gasteiger partial charge in [0, 0.05) is 23.0 Å². The number of fused-ring (bicyclic) bond motifs is 1. The highest BCUT2D eigenvalue weighted by molar-refractivity contribution is 6.07. The molecule has 2 heterocycles. The van der Waals surface area contributed by atoms with Crippen LogP contribution in [0.1, 0.15) is 21.7 Å². The number of benzene rings is 2. The molecule has 0 aliphatic rings. The fourth-order valence-electron chi connectivity index (χ4n) is 3.29. The van der Waals surface area contributed by atoms with Gasteiger partial charge in [0.1, 0.15) is 0 Å². The van der Waals surface area contributed by atoms with Crippen molar-refractivity contribution >= 4 is 22.8 Å². The number of nitrogens with zero attached hydrogens (tertiary/aromatic N) is 3. The van der Waals surface area contributed by atoms with E-state index in [1.54, 1.807) is 37.3 Å². The Morgan fingerprint density at radius 2 is 1.90 bits per heavy atom. The van der Waals surface area contributed by atoms with E-state index >= 15 is 0 Å². The highest BCUT2D eigenvalue weighted by Crippen LogP contribution is 2.41. The van der Waals surface area contributed by atoms with Crippen molar-refractivity contribution in [1.29, 1.82) is 0 Å². The molecule has 4 aromatic rings. The van der Waals surface area contributed by atoms with E-state index in [0.717, 1.165) is 0 Å². The number of aromatic nitrogens is 3. The summed E-state index contributed by atoms with van der Waals surface area (Å²) in [5.74, 6) is 0.838. The zero-order chi connectivity index (χ0) is 22.0. The molecule has 4 rings (SSSR count). The molecule has 0 aliphatic heterocycles. The van der Waals surface area contributed by atoms with Gasteiger partial charge < -0.3 is 14.7 Å².